The first-order chi connectivity index (χ1) is 14.4. The summed E-state index contributed by atoms with van der Waals surface area (Å²) in [6, 6.07) is 18.6. The van der Waals surface area contributed by atoms with E-state index >= 15 is 0 Å². The lowest BCUT2D eigenvalue weighted by Gasteiger charge is -2.11. The van der Waals surface area contributed by atoms with Gasteiger partial charge in [-0.3, -0.25) is 9.98 Å². The van der Waals surface area contributed by atoms with E-state index in [0.29, 0.717) is 11.8 Å². The fourth-order valence-corrected chi connectivity index (χ4v) is 3.52. The number of hydrogen-bond acceptors (Lipinski definition) is 3. The molecule has 0 unspecified atom stereocenters. The molecule has 1 heterocycles. The molecule has 3 nitrogen and oxygen atoms in total. The van der Waals surface area contributed by atoms with E-state index in [-0.39, 0.29) is 0 Å². The van der Waals surface area contributed by atoms with Crippen molar-refractivity contribution in [3.05, 3.63) is 88.2 Å². The van der Waals surface area contributed by atoms with Crippen molar-refractivity contribution in [3.8, 4) is 0 Å². The van der Waals surface area contributed by atoms with Crippen LogP contribution in [-0.2, 0) is 0 Å². The Morgan fingerprint density at radius 2 is 1.03 bits per heavy atom. The van der Waals surface area contributed by atoms with Crippen molar-refractivity contribution in [2.24, 2.45) is 9.98 Å². The molecule has 0 amide bonds. The smallest absolute Gasteiger partial charge is 0.0820 e. The van der Waals surface area contributed by atoms with Crippen LogP contribution in [0.4, 0.5) is 11.4 Å². The molecule has 0 spiro atoms. The van der Waals surface area contributed by atoms with Crippen LogP contribution in [0.5, 0.6) is 0 Å². The molecule has 30 heavy (non-hydrogen) atoms. The molecule has 0 N–H and O–H groups in total. The first-order valence-corrected chi connectivity index (χ1v) is 10.6. The number of benzene rings is 2. The lowest BCUT2D eigenvalue weighted by Crippen LogP contribution is -1.95. The molecule has 0 radical (unpaired) electrons. The van der Waals surface area contributed by atoms with E-state index in [1.807, 2.05) is 30.6 Å². The van der Waals surface area contributed by atoms with E-state index in [2.05, 4.69) is 77.9 Å². The summed E-state index contributed by atoms with van der Waals surface area (Å²) in [4.78, 5) is 14.3. The lowest BCUT2D eigenvalue weighted by atomic mass is 9.98. The van der Waals surface area contributed by atoms with Crippen LogP contribution in [-0.4, -0.2) is 17.4 Å². The predicted octanol–water partition coefficient (Wildman–Crippen LogP) is 7.45. The first kappa shape index (κ1) is 21.6. The van der Waals surface area contributed by atoms with E-state index < -0.39 is 0 Å². The number of pyridine rings is 1. The van der Waals surface area contributed by atoms with Crippen LogP contribution in [0.3, 0.4) is 0 Å². The van der Waals surface area contributed by atoms with E-state index in [0.717, 1.165) is 22.8 Å². The second-order valence-corrected chi connectivity index (χ2v) is 8.34. The first-order valence-electron chi connectivity index (χ1n) is 10.6. The molecule has 2 aromatic carbocycles. The summed E-state index contributed by atoms with van der Waals surface area (Å²) in [5, 5.41) is 0. The molecule has 3 heteroatoms. The van der Waals surface area contributed by atoms with Crippen LogP contribution in [0.1, 0.15) is 73.2 Å². The van der Waals surface area contributed by atoms with Crippen molar-refractivity contribution in [1.82, 2.24) is 4.98 Å². The molecular formula is C27H31N3. The number of rotatable bonds is 6. The third-order valence-corrected chi connectivity index (χ3v) is 5.23. The summed E-state index contributed by atoms with van der Waals surface area (Å²) in [6.45, 7) is 13.0. The topological polar surface area (TPSA) is 37.6 Å². The molecule has 3 aromatic rings. The zero-order chi connectivity index (χ0) is 21.7. The SMILES string of the molecule is Cc1cccc(C(C)C)c1N=Cc1cccc(C=Nc2c(C)cccc2C(C)C)n1. The van der Waals surface area contributed by atoms with Gasteiger partial charge in [0.15, 0.2) is 0 Å². The maximum Gasteiger partial charge on any atom is 0.0820 e. The number of aliphatic imine (C=N–C) groups is 2. The van der Waals surface area contributed by atoms with E-state index in [4.69, 9.17) is 15.0 Å². The zero-order valence-electron chi connectivity index (χ0n) is 18.8. The molecule has 3 rings (SSSR count). The van der Waals surface area contributed by atoms with E-state index in [1.165, 1.54) is 22.3 Å². The van der Waals surface area contributed by atoms with Crippen molar-refractivity contribution in [2.75, 3.05) is 0 Å². The van der Waals surface area contributed by atoms with E-state index in [9.17, 15) is 0 Å². The Balaban J connectivity index is 1.89. The van der Waals surface area contributed by atoms with Gasteiger partial charge in [-0.2, -0.15) is 0 Å². The molecular weight excluding hydrogens is 366 g/mol. The standard InChI is InChI=1S/C27H31N3/c1-18(2)24-14-7-10-20(5)26(24)28-16-22-12-9-13-23(30-22)17-29-27-21(6)11-8-15-25(27)19(3)4/h7-19H,1-6H3. The molecule has 0 saturated carbocycles. The van der Waals surface area contributed by atoms with Gasteiger partial charge in [0.1, 0.15) is 0 Å². The van der Waals surface area contributed by atoms with Gasteiger partial charge in [-0.25, -0.2) is 4.98 Å². The van der Waals surface area contributed by atoms with Crippen LogP contribution in [0.25, 0.3) is 0 Å². The molecule has 0 bridgehead atoms. The van der Waals surface area contributed by atoms with Crippen LogP contribution < -0.4 is 0 Å². The van der Waals surface area contributed by atoms with Gasteiger partial charge >= 0.3 is 0 Å². The Kier molecular flexibility index (Phi) is 6.94. The number of aryl methyl sites for hydroxylation is 2. The van der Waals surface area contributed by atoms with Gasteiger partial charge in [-0.05, 0) is 60.1 Å². The number of aromatic nitrogens is 1. The Bertz CT molecular complexity index is 992. The van der Waals surface area contributed by atoms with Gasteiger partial charge in [-0.15, -0.1) is 0 Å². The van der Waals surface area contributed by atoms with Crippen molar-refractivity contribution >= 4 is 23.8 Å². The molecule has 1 aromatic heterocycles. The molecule has 0 saturated heterocycles. The average Bonchev–Trinajstić information content (AvgIpc) is 2.71. The van der Waals surface area contributed by atoms with Crippen LogP contribution in [0.15, 0.2) is 64.6 Å². The second kappa shape index (κ2) is 9.62. The number of hydrogen-bond donors (Lipinski definition) is 0. The lowest BCUT2D eigenvalue weighted by molar-refractivity contribution is 0.865. The van der Waals surface area contributed by atoms with Crippen molar-refractivity contribution in [2.45, 2.75) is 53.4 Å². The third kappa shape index (κ3) is 5.10. The highest BCUT2D eigenvalue weighted by Gasteiger charge is 2.09. The second-order valence-electron chi connectivity index (χ2n) is 8.34. The molecule has 0 fully saturated rings. The maximum absolute atomic E-state index is 4.78. The normalized spacial score (nSPS) is 12.0. The van der Waals surface area contributed by atoms with E-state index in [1.54, 1.807) is 0 Å². The van der Waals surface area contributed by atoms with Crippen LogP contribution in [0, 0.1) is 13.8 Å². The van der Waals surface area contributed by atoms with Gasteiger partial charge < -0.3 is 0 Å². The van der Waals surface area contributed by atoms with Crippen molar-refractivity contribution in [3.63, 3.8) is 0 Å². The minimum Gasteiger partial charge on any atom is -0.254 e. The van der Waals surface area contributed by atoms with Gasteiger partial charge in [0, 0.05) is 0 Å². The summed E-state index contributed by atoms with van der Waals surface area (Å²) >= 11 is 0. The largest absolute Gasteiger partial charge is 0.254 e. The van der Waals surface area contributed by atoms with Gasteiger partial charge in [-0.1, -0.05) is 70.2 Å². The van der Waals surface area contributed by atoms with Crippen molar-refractivity contribution in [1.29, 1.82) is 0 Å². The van der Waals surface area contributed by atoms with Gasteiger partial charge in [0.05, 0.1) is 35.2 Å². The fourth-order valence-electron chi connectivity index (χ4n) is 3.52. The fraction of sp³-hybridized carbons (Fsp3) is 0.296. The zero-order valence-corrected chi connectivity index (χ0v) is 18.8. The third-order valence-electron chi connectivity index (χ3n) is 5.23. The summed E-state index contributed by atoms with van der Waals surface area (Å²) in [5.41, 5.74) is 8.59. The van der Waals surface area contributed by atoms with Crippen LogP contribution >= 0.6 is 0 Å². The Morgan fingerprint density at radius 3 is 1.43 bits per heavy atom. The molecule has 0 aliphatic rings. The minimum atomic E-state index is 0.424. The number of nitrogens with zero attached hydrogens (tertiary/aromatic N) is 3. The maximum atomic E-state index is 4.78. The highest BCUT2D eigenvalue weighted by atomic mass is 14.8. The predicted molar refractivity (Wildman–Crippen MR) is 129 cm³/mol. The van der Waals surface area contributed by atoms with Gasteiger partial charge in [0.25, 0.3) is 0 Å². The van der Waals surface area contributed by atoms with Crippen molar-refractivity contribution < 1.29 is 0 Å². The summed E-state index contributed by atoms with van der Waals surface area (Å²) < 4.78 is 0. The molecule has 154 valence electrons. The monoisotopic (exact) mass is 397 g/mol. The molecule has 0 aliphatic heterocycles. The molecule has 0 aliphatic carbocycles. The molecule has 0 atom stereocenters. The van der Waals surface area contributed by atoms with Crippen LogP contribution in [0.2, 0.25) is 0 Å². The highest BCUT2D eigenvalue weighted by Crippen LogP contribution is 2.31. The summed E-state index contributed by atoms with van der Waals surface area (Å²) in [7, 11) is 0. The quantitative estimate of drug-likeness (QED) is 0.398. The Morgan fingerprint density at radius 1 is 0.633 bits per heavy atom. The van der Waals surface area contributed by atoms with Gasteiger partial charge in [0.2, 0.25) is 0 Å². The summed E-state index contributed by atoms with van der Waals surface area (Å²) in [5.74, 6) is 0.848. The highest BCUT2D eigenvalue weighted by molar-refractivity contribution is 5.85. The number of para-hydroxylation sites is 2. The minimum absolute atomic E-state index is 0.424. The summed E-state index contributed by atoms with van der Waals surface area (Å²) in [6.07, 6.45) is 3.69. The Hall–Kier alpha value is -3.07. The Labute approximate surface area is 180 Å². The average molecular weight is 398 g/mol.